The first kappa shape index (κ1) is 25.0. The monoisotopic (exact) mass is 535 g/mol. The summed E-state index contributed by atoms with van der Waals surface area (Å²) >= 11 is 12.6. The molecule has 0 spiro atoms. The fourth-order valence-electron chi connectivity index (χ4n) is 5.23. The molecule has 0 aliphatic heterocycles. The molecule has 2 aromatic heterocycles. The second-order valence-electron chi connectivity index (χ2n) is 9.59. The Bertz CT molecular complexity index is 1260. The third-order valence-corrected chi connectivity index (χ3v) is 7.78. The van der Waals surface area contributed by atoms with Crippen molar-refractivity contribution in [1.29, 1.82) is 0 Å². The molecule has 3 aromatic rings. The number of carbonyl (C=O) groups is 1. The van der Waals surface area contributed by atoms with Crippen molar-refractivity contribution in [3.63, 3.8) is 0 Å². The van der Waals surface area contributed by atoms with Crippen molar-refractivity contribution < 1.29 is 14.3 Å². The maximum atomic E-state index is 13.8. The van der Waals surface area contributed by atoms with Crippen molar-refractivity contribution >= 4 is 57.9 Å². The van der Waals surface area contributed by atoms with Gasteiger partial charge < -0.3 is 21.5 Å². The van der Waals surface area contributed by atoms with Gasteiger partial charge >= 0.3 is 0 Å². The van der Waals surface area contributed by atoms with E-state index in [4.69, 9.17) is 38.9 Å². The number of primary amides is 1. The molecular formula is C24H28Cl2FN7O2. The van der Waals surface area contributed by atoms with E-state index < -0.39 is 11.9 Å². The molecule has 2 aliphatic carbocycles. The van der Waals surface area contributed by atoms with Crippen molar-refractivity contribution in [2.75, 3.05) is 10.6 Å². The number of nitrogens with two attached hydrogens (primary N) is 1. The molecule has 192 valence electrons. The molecule has 2 fully saturated rings. The molecule has 0 unspecified atom stereocenters. The van der Waals surface area contributed by atoms with Crippen LogP contribution in [0.5, 0.6) is 0 Å². The number of hydrogen-bond donors (Lipinski definition) is 4. The van der Waals surface area contributed by atoms with Crippen LogP contribution in [-0.2, 0) is 4.79 Å². The van der Waals surface area contributed by atoms with Crippen LogP contribution >= 0.6 is 23.2 Å². The van der Waals surface area contributed by atoms with Gasteiger partial charge in [-0.1, -0.05) is 36.0 Å². The normalized spacial score (nSPS) is 24.6. The predicted molar refractivity (Wildman–Crippen MR) is 137 cm³/mol. The Morgan fingerprint density at radius 2 is 1.78 bits per heavy atom. The Balaban J connectivity index is 1.53. The second-order valence-corrected chi connectivity index (χ2v) is 10.4. The van der Waals surface area contributed by atoms with E-state index in [2.05, 4.69) is 15.6 Å². The Morgan fingerprint density at radius 1 is 1.08 bits per heavy atom. The zero-order valence-electron chi connectivity index (χ0n) is 19.6. The number of fused-ring (bicyclic) bond motifs is 1. The number of anilines is 3. The van der Waals surface area contributed by atoms with Crippen LogP contribution in [0.1, 0.15) is 57.4 Å². The molecule has 9 nitrogen and oxygen atoms in total. The number of nitrogens with one attached hydrogen (secondary N) is 2. The van der Waals surface area contributed by atoms with E-state index in [1.54, 1.807) is 6.20 Å². The maximum Gasteiger partial charge on any atom is 0.225 e. The molecule has 1 aromatic carbocycles. The van der Waals surface area contributed by atoms with Gasteiger partial charge in [-0.2, -0.15) is 4.98 Å². The van der Waals surface area contributed by atoms with Crippen LogP contribution in [0, 0.1) is 11.7 Å². The summed E-state index contributed by atoms with van der Waals surface area (Å²) in [4.78, 5) is 25.6. The minimum absolute atomic E-state index is 0.0193. The van der Waals surface area contributed by atoms with E-state index in [0.717, 1.165) is 25.7 Å². The van der Waals surface area contributed by atoms with Crippen LogP contribution < -0.4 is 16.4 Å². The van der Waals surface area contributed by atoms with Crippen LogP contribution in [0.3, 0.4) is 0 Å². The van der Waals surface area contributed by atoms with Gasteiger partial charge in [0.05, 0.1) is 34.1 Å². The fourth-order valence-corrected chi connectivity index (χ4v) is 5.79. The second kappa shape index (κ2) is 10.4. The van der Waals surface area contributed by atoms with Crippen LogP contribution in [0.15, 0.2) is 18.3 Å². The first-order valence-corrected chi connectivity index (χ1v) is 13.0. The van der Waals surface area contributed by atoms with E-state index in [1.807, 2.05) is 4.57 Å². The SMILES string of the molecule is NC(=O)[C@H]1CC[C@H](n2c(Nc3c(Cl)cc(F)cc3Cl)nc3cnc(N[C@@H]4CCCC[C@H]4O)nc32)CC1. The molecule has 2 saturated carbocycles. The van der Waals surface area contributed by atoms with Crippen molar-refractivity contribution in [2.45, 2.75) is 69.6 Å². The lowest BCUT2D eigenvalue weighted by molar-refractivity contribution is -0.122. The number of hydrogen-bond acceptors (Lipinski definition) is 7. The molecule has 0 bridgehead atoms. The number of imidazole rings is 1. The summed E-state index contributed by atoms with van der Waals surface area (Å²) in [5, 5.41) is 17.1. The van der Waals surface area contributed by atoms with E-state index in [-0.39, 0.29) is 34.0 Å². The first-order valence-electron chi connectivity index (χ1n) is 12.2. The van der Waals surface area contributed by atoms with Gasteiger partial charge in [-0.25, -0.2) is 14.4 Å². The van der Waals surface area contributed by atoms with Gasteiger partial charge in [-0.15, -0.1) is 0 Å². The molecule has 36 heavy (non-hydrogen) atoms. The highest BCUT2D eigenvalue weighted by atomic mass is 35.5. The number of halogens is 3. The van der Waals surface area contributed by atoms with Gasteiger partial charge in [0.1, 0.15) is 11.3 Å². The lowest BCUT2D eigenvalue weighted by Gasteiger charge is -2.29. The largest absolute Gasteiger partial charge is 0.391 e. The van der Waals surface area contributed by atoms with E-state index in [9.17, 15) is 14.3 Å². The van der Waals surface area contributed by atoms with E-state index >= 15 is 0 Å². The molecule has 1 amide bonds. The number of carbonyl (C=O) groups excluding carboxylic acids is 1. The van der Waals surface area contributed by atoms with E-state index in [0.29, 0.717) is 54.4 Å². The molecule has 0 saturated heterocycles. The summed E-state index contributed by atoms with van der Waals surface area (Å²) in [6.45, 7) is 0. The molecule has 5 rings (SSSR count). The van der Waals surface area contributed by atoms with Crippen LogP contribution in [0.25, 0.3) is 11.2 Å². The fraction of sp³-hybridized carbons (Fsp3) is 0.500. The lowest BCUT2D eigenvalue weighted by Crippen LogP contribution is -2.36. The Kier molecular flexibility index (Phi) is 7.18. The average Bonchev–Trinajstić information content (AvgIpc) is 3.20. The quantitative estimate of drug-likeness (QED) is 0.351. The summed E-state index contributed by atoms with van der Waals surface area (Å²) in [5.41, 5.74) is 7.02. The van der Waals surface area contributed by atoms with E-state index in [1.165, 1.54) is 12.1 Å². The highest BCUT2D eigenvalue weighted by Crippen LogP contribution is 2.39. The molecule has 2 heterocycles. The number of rotatable bonds is 6. The lowest BCUT2D eigenvalue weighted by atomic mass is 9.85. The number of aliphatic hydroxyl groups excluding tert-OH is 1. The third kappa shape index (κ3) is 5.07. The van der Waals surface area contributed by atoms with Crippen LogP contribution in [0.4, 0.5) is 22.0 Å². The van der Waals surface area contributed by atoms with Crippen molar-refractivity contribution in [3.05, 3.63) is 34.2 Å². The van der Waals surface area contributed by atoms with Gasteiger partial charge in [-0.05, 0) is 50.7 Å². The van der Waals surface area contributed by atoms with Gasteiger partial charge in [0, 0.05) is 12.0 Å². The topological polar surface area (TPSA) is 131 Å². The smallest absolute Gasteiger partial charge is 0.225 e. The summed E-state index contributed by atoms with van der Waals surface area (Å²) in [5.74, 6) is -0.141. The third-order valence-electron chi connectivity index (χ3n) is 7.18. The number of aromatic nitrogens is 4. The first-order chi connectivity index (χ1) is 17.3. The van der Waals surface area contributed by atoms with Gasteiger partial charge in [0.15, 0.2) is 5.65 Å². The molecule has 5 N–H and O–H groups in total. The number of nitrogens with zero attached hydrogens (tertiary/aromatic N) is 4. The minimum Gasteiger partial charge on any atom is -0.391 e. The van der Waals surface area contributed by atoms with Crippen LogP contribution in [-0.4, -0.2) is 42.7 Å². The van der Waals surface area contributed by atoms with Crippen molar-refractivity contribution in [1.82, 2.24) is 19.5 Å². The van der Waals surface area contributed by atoms with Gasteiger partial charge in [-0.3, -0.25) is 9.36 Å². The molecule has 0 radical (unpaired) electrons. The standard InChI is InChI=1S/C24H28Cl2FN7O2/c25-15-9-13(27)10-16(26)20(15)32-24-31-18-11-29-23(30-17-3-1-2-4-19(17)35)33-22(18)34(24)14-7-5-12(6-8-14)21(28)36/h9-12,14,17,19,35H,1-8H2,(H2,28,36)(H,31,32)(H,29,30,33)/t12-,14-,17-,19-/m1/s1. The zero-order chi connectivity index (χ0) is 25.4. The van der Waals surface area contributed by atoms with Crippen LogP contribution in [0.2, 0.25) is 10.0 Å². The minimum atomic E-state index is -0.541. The predicted octanol–water partition coefficient (Wildman–Crippen LogP) is 4.95. The number of amides is 1. The summed E-state index contributed by atoms with van der Waals surface area (Å²) < 4.78 is 15.7. The number of aliphatic hydroxyl groups is 1. The average molecular weight is 536 g/mol. The summed E-state index contributed by atoms with van der Waals surface area (Å²) in [7, 11) is 0. The molecule has 2 aliphatic rings. The van der Waals surface area contributed by atoms with Crippen molar-refractivity contribution in [3.8, 4) is 0 Å². The highest BCUT2D eigenvalue weighted by Gasteiger charge is 2.30. The Labute approximate surface area is 217 Å². The zero-order valence-corrected chi connectivity index (χ0v) is 21.1. The number of benzene rings is 1. The maximum absolute atomic E-state index is 13.8. The summed E-state index contributed by atoms with van der Waals surface area (Å²) in [6.07, 6.45) is 7.51. The molecule has 12 heteroatoms. The highest BCUT2D eigenvalue weighted by molar-refractivity contribution is 6.39. The summed E-state index contributed by atoms with van der Waals surface area (Å²) in [6, 6.07) is 2.22. The Hall–Kier alpha value is -2.69. The Morgan fingerprint density at radius 3 is 2.44 bits per heavy atom. The van der Waals surface area contributed by atoms with Crippen molar-refractivity contribution in [2.24, 2.45) is 11.7 Å². The van der Waals surface area contributed by atoms with Gasteiger partial charge in [0.2, 0.25) is 17.8 Å². The van der Waals surface area contributed by atoms with Gasteiger partial charge in [0.25, 0.3) is 0 Å². The molecular weight excluding hydrogens is 508 g/mol. The molecule has 2 atom stereocenters.